The number of amides is 1. The highest BCUT2D eigenvalue weighted by molar-refractivity contribution is 5.69. The Bertz CT molecular complexity index is 422. The van der Waals surface area contributed by atoms with Crippen LogP contribution in [0.1, 0.15) is 11.8 Å². The number of benzene rings is 1. The number of cyclic esters (lactones) is 1. The van der Waals surface area contributed by atoms with Gasteiger partial charge in [0.15, 0.2) is 0 Å². The summed E-state index contributed by atoms with van der Waals surface area (Å²) in [6, 6.07) is 5.15. The molecule has 0 aromatic heterocycles. The van der Waals surface area contributed by atoms with Crippen molar-refractivity contribution in [1.29, 1.82) is 0 Å². The van der Waals surface area contributed by atoms with Crippen molar-refractivity contribution in [1.82, 2.24) is 0 Å². The molecule has 0 spiro atoms. The summed E-state index contributed by atoms with van der Waals surface area (Å²) in [4.78, 5) is 10.8. The van der Waals surface area contributed by atoms with Gasteiger partial charge in [0, 0.05) is 11.6 Å². The lowest BCUT2D eigenvalue weighted by molar-refractivity contribution is 0.132. The first kappa shape index (κ1) is 10.4. The van der Waals surface area contributed by atoms with Gasteiger partial charge in [-0.2, -0.15) is 0 Å². The SMILES string of the molecule is COc1cc(OC)cc([C@H]2N=NC(=O)O2)c1. The van der Waals surface area contributed by atoms with Gasteiger partial charge < -0.3 is 14.2 Å². The van der Waals surface area contributed by atoms with Gasteiger partial charge in [0.05, 0.1) is 14.2 Å². The van der Waals surface area contributed by atoms with Gasteiger partial charge in [0.25, 0.3) is 0 Å². The second-order valence-corrected chi connectivity index (χ2v) is 3.10. The molecule has 0 fully saturated rings. The quantitative estimate of drug-likeness (QED) is 0.786. The smallest absolute Gasteiger partial charge is 0.454 e. The van der Waals surface area contributed by atoms with Crippen LogP contribution in [0, 0.1) is 0 Å². The molecule has 1 amide bonds. The van der Waals surface area contributed by atoms with E-state index in [9.17, 15) is 4.79 Å². The number of nitrogens with zero attached hydrogens (tertiary/aromatic N) is 2. The van der Waals surface area contributed by atoms with Crippen LogP contribution in [-0.4, -0.2) is 20.3 Å². The van der Waals surface area contributed by atoms with Gasteiger partial charge in [-0.25, -0.2) is 4.79 Å². The minimum Gasteiger partial charge on any atom is -0.497 e. The van der Waals surface area contributed by atoms with Crippen molar-refractivity contribution in [2.24, 2.45) is 10.2 Å². The molecule has 0 saturated heterocycles. The van der Waals surface area contributed by atoms with E-state index in [-0.39, 0.29) is 0 Å². The first-order chi connectivity index (χ1) is 7.72. The summed E-state index contributed by atoms with van der Waals surface area (Å²) in [7, 11) is 3.08. The molecule has 6 heteroatoms. The predicted molar refractivity (Wildman–Crippen MR) is 53.6 cm³/mol. The van der Waals surface area contributed by atoms with E-state index in [2.05, 4.69) is 10.2 Å². The van der Waals surface area contributed by atoms with Crippen LogP contribution in [0.4, 0.5) is 4.79 Å². The molecule has 1 aromatic carbocycles. The normalized spacial score (nSPS) is 18.4. The zero-order valence-corrected chi connectivity index (χ0v) is 8.84. The number of carbonyl (C=O) groups excluding carboxylic acids is 1. The molecule has 0 N–H and O–H groups in total. The van der Waals surface area contributed by atoms with E-state index in [0.29, 0.717) is 17.1 Å². The maximum atomic E-state index is 10.8. The maximum absolute atomic E-state index is 10.8. The average molecular weight is 222 g/mol. The van der Waals surface area contributed by atoms with Crippen molar-refractivity contribution in [2.45, 2.75) is 6.23 Å². The first-order valence-electron chi connectivity index (χ1n) is 4.57. The standard InChI is InChI=1S/C10H10N2O4/c1-14-7-3-6(4-8(5-7)15-2)9-11-12-10(13)16-9/h3-5,9H,1-2H3/t9-/m0/s1. The third-order valence-electron chi connectivity index (χ3n) is 2.12. The van der Waals surface area contributed by atoms with Gasteiger partial charge in [-0.05, 0) is 12.1 Å². The molecule has 0 radical (unpaired) electrons. The predicted octanol–water partition coefficient (Wildman–Crippen LogP) is 2.30. The Kier molecular flexibility index (Phi) is 2.72. The molecule has 1 aromatic rings. The number of rotatable bonds is 3. The zero-order chi connectivity index (χ0) is 11.5. The Labute approximate surface area is 91.8 Å². The van der Waals surface area contributed by atoms with E-state index < -0.39 is 12.3 Å². The van der Waals surface area contributed by atoms with Gasteiger partial charge in [-0.15, -0.1) is 5.11 Å². The largest absolute Gasteiger partial charge is 0.497 e. The molecule has 0 bridgehead atoms. The Hall–Kier alpha value is -2.11. The Morgan fingerprint density at radius 1 is 1.19 bits per heavy atom. The van der Waals surface area contributed by atoms with Crippen LogP contribution in [0.2, 0.25) is 0 Å². The fourth-order valence-electron chi connectivity index (χ4n) is 1.35. The monoisotopic (exact) mass is 222 g/mol. The molecular weight excluding hydrogens is 212 g/mol. The summed E-state index contributed by atoms with van der Waals surface area (Å²) in [6.45, 7) is 0. The number of hydrogen-bond donors (Lipinski definition) is 0. The van der Waals surface area contributed by atoms with Crippen molar-refractivity contribution in [2.75, 3.05) is 14.2 Å². The molecule has 1 aliphatic rings. The molecular formula is C10H10N2O4. The third kappa shape index (κ3) is 1.95. The minimum absolute atomic E-state index is 0.604. The van der Waals surface area contributed by atoms with E-state index in [0.717, 1.165) is 0 Å². The molecule has 1 atom stereocenters. The van der Waals surface area contributed by atoms with Crippen LogP contribution in [-0.2, 0) is 4.74 Å². The van der Waals surface area contributed by atoms with E-state index in [4.69, 9.17) is 14.2 Å². The number of ether oxygens (including phenoxy) is 3. The lowest BCUT2D eigenvalue weighted by atomic mass is 10.2. The van der Waals surface area contributed by atoms with E-state index in [1.807, 2.05) is 0 Å². The van der Waals surface area contributed by atoms with Crippen molar-refractivity contribution >= 4 is 6.09 Å². The summed E-state index contributed by atoms with van der Waals surface area (Å²) >= 11 is 0. The lowest BCUT2D eigenvalue weighted by Gasteiger charge is -2.10. The van der Waals surface area contributed by atoms with Gasteiger partial charge >= 0.3 is 6.09 Å². The average Bonchev–Trinajstić information content (AvgIpc) is 2.75. The second kappa shape index (κ2) is 4.18. The van der Waals surface area contributed by atoms with E-state index >= 15 is 0 Å². The third-order valence-corrected chi connectivity index (χ3v) is 2.12. The zero-order valence-electron chi connectivity index (χ0n) is 8.84. The summed E-state index contributed by atoms with van der Waals surface area (Å²) < 4.78 is 15.0. The number of carbonyl (C=O) groups is 1. The number of methoxy groups -OCH3 is 2. The van der Waals surface area contributed by atoms with Crippen LogP contribution in [0.25, 0.3) is 0 Å². The molecule has 16 heavy (non-hydrogen) atoms. The van der Waals surface area contributed by atoms with Crippen LogP contribution >= 0.6 is 0 Å². The van der Waals surface area contributed by atoms with Crippen molar-refractivity contribution in [3.8, 4) is 11.5 Å². The highest BCUT2D eigenvalue weighted by Crippen LogP contribution is 2.31. The van der Waals surface area contributed by atoms with Gasteiger partial charge in [-0.1, -0.05) is 5.11 Å². The molecule has 0 unspecified atom stereocenters. The molecule has 1 aliphatic heterocycles. The summed E-state index contributed by atoms with van der Waals surface area (Å²) in [6.07, 6.45) is -1.40. The number of hydrogen-bond acceptors (Lipinski definition) is 5. The minimum atomic E-state index is -0.712. The van der Waals surface area contributed by atoms with Crippen LogP contribution in [0.3, 0.4) is 0 Å². The van der Waals surface area contributed by atoms with Crippen molar-refractivity contribution in [3.05, 3.63) is 23.8 Å². The molecule has 6 nitrogen and oxygen atoms in total. The maximum Gasteiger partial charge on any atom is 0.454 e. The molecule has 2 rings (SSSR count). The fraction of sp³-hybridized carbons (Fsp3) is 0.300. The molecule has 0 aliphatic carbocycles. The van der Waals surface area contributed by atoms with Crippen molar-refractivity contribution in [3.63, 3.8) is 0 Å². The molecule has 84 valence electrons. The Morgan fingerprint density at radius 2 is 1.81 bits per heavy atom. The van der Waals surface area contributed by atoms with E-state index in [1.54, 1.807) is 32.4 Å². The van der Waals surface area contributed by atoms with Gasteiger partial charge in [-0.3, -0.25) is 0 Å². The highest BCUT2D eigenvalue weighted by atomic mass is 16.6. The lowest BCUT2D eigenvalue weighted by Crippen LogP contribution is -1.99. The van der Waals surface area contributed by atoms with Gasteiger partial charge in [0.1, 0.15) is 11.5 Å². The Morgan fingerprint density at radius 3 is 2.25 bits per heavy atom. The fourth-order valence-corrected chi connectivity index (χ4v) is 1.35. The van der Waals surface area contributed by atoms with Crippen LogP contribution in [0.5, 0.6) is 11.5 Å². The van der Waals surface area contributed by atoms with Gasteiger partial charge in [0.2, 0.25) is 6.23 Å². The van der Waals surface area contributed by atoms with Crippen LogP contribution in [0.15, 0.2) is 28.4 Å². The second-order valence-electron chi connectivity index (χ2n) is 3.10. The number of azo groups is 1. The first-order valence-corrected chi connectivity index (χ1v) is 4.57. The molecule has 1 heterocycles. The summed E-state index contributed by atoms with van der Waals surface area (Å²) in [5.41, 5.74) is 0.658. The highest BCUT2D eigenvalue weighted by Gasteiger charge is 2.23. The summed E-state index contributed by atoms with van der Waals surface area (Å²) in [5, 5.41) is 6.97. The topological polar surface area (TPSA) is 69.5 Å². The Balaban J connectivity index is 2.33. The summed E-state index contributed by atoms with van der Waals surface area (Å²) in [5.74, 6) is 1.21. The van der Waals surface area contributed by atoms with Crippen LogP contribution < -0.4 is 9.47 Å². The molecule has 0 saturated carbocycles. The van der Waals surface area contributed by atoms with E-state index in [1.165, 1.54) is 0 Å². The van der Waals surface area contributed by atoms with Crippen molar-refractivity contribution < 1.29 is 19.0 Å².